The van der Waals surface area contributed by atoms with Crippen LogP contribution in [0.25, 0.3) is 0 Å². The maximum atomic E-state index is 11.3. The van der Waals surface area contributed by atoms with Crippen molar-refractivity contribution in [2.24, 2.45) is 5.92 Å². The van der Waals surface area contributed by atoms with Gasteiger partial charge in [0, 0.05) is 0 Å². The summed E-state index contributed by atoms with van der Waals surface area (Å²) >= 11 is 0. The molecule has 0 aromatic carbocycles. The average Bonchev–Trinajstić information content (AvgIpc) is 2.85. The SMILES string of the molecule is CCCCCCCCCCCCCC/C=C/[C@H]1CC(=O)OC1=O. The third-order valence-corrected chi connectivity index (χ3v) is 4.50. The average molecular weight is 322 g/mol. The molecule has 0 aromatic rings. The molecule has 3 heteroatoms. The zero-order valence-corrected chi connectivity index (χ0v) is 14.9. The first-order valence-electron chi connectivity index (χ1n) is 9.65. The van der Waals surface area contributed by atoms with Crippen LogP contribution in [0, 0.1) is 5.92 Å². The molecule has 0 radical (unpaired) electrons. The molecule has 132 valence electrons. The molecule has 0 saturated carbocycles. The van der Waals surface area contributed by atoms with E-state index >= 15 is 0 Å². The minimum absolute atomic E-state index is 0.216. The molecule has 23 heavy (non-hydrogen) atoms. The zero-order valence-electron chi connectivity index (χ0n) is 14.9. The van der Waals surface area contributed by atoms with Crippen molar-refractivity contribution in [2.75, 3.05) is 0 Å². The van der Waals surface area contributed by atoms with E-state index in [0.717, 1.165) is 6.42 Å². The van der Waals surface area contributed by atoms with Crippen LogP contribution in [0.5, 0.6) is 0 Å². The van der Waals surface area contributed by atoms with Gasteiger partial charge in [0.2, 0.25) is 0 Å². The first-order valence-corrected chi connectivity index (χ1v) is 9.65. The number of carbonyl (C=O) groups is 2. The van der Waals surface area contributed by atoms with Gasteiger partial charge in [-0.25, -0.2) is 0 Å². The Balaban J connectivity index is 1.81. The molecule has 1 saturated heterocycles. The van der Waals surface area contributed by atoms with Gasteiger partial charge in [0.1, 0.15) is 0 Å². The van der Waals surface area contributed by atoms with Crippen LogP contribution in [0.15, 0.2) is 12.2 Å². The lowest BCUT2D eigenvalue weighted by molar-refractivity contribution is -0.152. The van der Waals surface area contributed by atoms with Crippen molar-refractivity contribution >= 4 is 11.9 Å². The number of ether oxygens (including phenoxy) is 1. The number of unbranched alkanes of at least 4 members (excludes halogenated alkanes) is 12. The van der Waals surface area contributed by atoms with E-state index in [1.807, 2.05) is 12.2 Å². The summed E-state index contributed by atoms with van der Waals surface area (Å²) in [4.78, 5) is 22.2. The molecule has 1 heterocycles. The number of esters is 2. The second-order valence-corrected chi connectivity index (χ2v) is 6.71. The van der Waals surface area contributed by atoms with Crippen LogP contribution in [0.1, 0.15) is 96.8 Å². The number of rotatable bonds is 14. The molecule has 1 rings (SSSR count). The summed E-state index contributed by atoms with van der Waals surface area (Å²) in [5, 5.41) is 0. The fourth-order valence-corrected chi connectivity index (χ4v) is 3.00. The Kier molecular flexibility index (Phi) is 11.5. The van der Waals surface area contributed by atoms with Crippen LogP contribution in [0.2, 0.25) is 0 Å². The van der Waals surface area contributed by atoms with Gasteiger partial charge in [-0.3, -0.25) is 9.59 Å². The molecule has 1 fully saturated rings. The highest BCUT2D eigenvalue weighted by molar-refractivity contribution is 5.95. The van der Waals surface area contributed by atoms with E-state index in [1.54, 1.807) is 0 Å². The van der Waals surface area contributed by atoms with Gasteiger partial charge < -0.3 is 4.74 Å². The number of carbonyl (C=O) groups excluding carboxylic acids is 2. The second kappa shape index (κ2) is 13.3. The third kappa shape index (κ3) is 10.3. The maximum Gasteiger partial charge on any atom is 0.321 e. The number of hydrogen-bond acceptors (Lipinski definition) is 3. The van der Waals surface area contributed by atoms with Gasteiger partial charge in [0.15, 0.2) is 0 Å². The lowest BCUT2D eigenvalue weighted by Crippen LogP contribution is -2.03. The molecule has 0 unspecified atom stereocenters. The van der Waals surface area contributed by atoms with Gasteiger partial charge in [-0.1, -0.05) is 89.7 Å². The Bertz CT molecular complexity index is 360. The smallest absolute Gasteiger partial charge is 0.321 e. The van der Waals surface area contributed by atoms with Gasteiger partial charge in [-0.2, -0.15) is 0 Å². The van der Waals surface area contributed by atoms with E-state index in [4.69, 9.17) is 0 Å². The van der Waals surface area contributed by atoms with Crippen molar-refractivity contribution in [1.29, 1.82) is 0 Å². The van der Waals surface area contributed by atoms with E-state index < -0.39 is 5.97 Å². The Morgan fingerprint density at radius 3 is 1.87 bits per heavy atom. The highest BCUT2D eigenvalue weighted by Crippen LogP contribution is 2.18. The molecule has 0 N–H and O–H groups in total. The third-order valence-electron chi connectivity index (χ3n) is 4.50. The Morgan fingerprint density at radius 1 is 0.870 bits per heavy atom. The minimum atomic E-state index is -0.394. The standard InChI is InChI=1S/C20H34O3/c1-2-3-4-5-6-7-8-9-10-11-12-13-14-15-16-18-17-19(21)23-20(18)22/h15-16,18H,2-14,17H2,1H3/b16-15+/t18-/m0/s1. The summed E-state index contributed by atoms with van der Waals surface area (Å²) in [7, 11) is 0. The maximum absolute atomic E-state index is 11.3. The van der Waals surface area contributed by atoms with E-state index in [9.17, 15) is 9.59 Å². The van der Waals surface area contributed by atoms with Crippen LogP contribution in [-0.4, -0.2) is 11.9 Å². The highest BCUT2D eigenvalue weighted by atomic mass is 16.6. The van der Waals surface area contributed by atoms with Crippen molar-refractivity contribution in [1.82, 2.24) is 0 Å². The molecule has 0 spiro atoms. The lowest BCUT2D eigenvalue weighted by atomic mass is 10.0. The van der Waals surface area contributed by atoms with E-state index in [-0.39, 0.29) is 18.3 Å². The van der Waals surface area contributed by atoms with Gasteiger partial charge in [0.05, 0.1) is 12.3 Å². The van der Waals surface area contributed by atoms with Crippen molar-refractivity contribution < 1.29 is 14.3 Å². The molecule has 1 aliphatic rings. The van der Waals surface area contributed by atoms with Gasteiger partial charge in [0.25, 0.3) is 0 Å². The van der Waals surface area contributed by atoms with Crippen LogP contribution in [-0.2, 0) is 14.3 Å². The highest BCUT2D eigenvalue weighted by Gasteiger charge is 2.30. The van der Waals surface area contributed by atoms with E-state index in [1.165, 1.54) is 77.0 Å². The van der Waals surface area contributed by atoms with Crippen molar-refractivity contribution in [2.45, 2.75) is 96.8 Å². The summed E-state index contributed by atoms with van der Waals surface area (Å²) in [5.74, 6) is -1.12. The Labute approximate surface area is 141 Å². The monoisotopic (exact) mass is 322 g/mol. The number of cyclic esters (lactones) is 2. The minimum Gasteiger partial charge on any atom is -0.393 e. The van der Waals surface area contributed by atoms with Crippen molar-refractivity contribution in [3.8, 4) is 0 Å². The fraction of sp³-hybridized carbons (Fsp3) is 0.800. The normalized spacial score (nSPS) is 18.0. The molecule has 0 aliphatic carbocycles. The Morgan fingerprint density at radius 2 is 1.39 bits per heavy atom. The van der Waals surface area contributed by atoms with Crippen molar-refractivity contribution in [3.05, 3.63) is 12.2 Å². The molecular formula is C20H34O3. The van der Waals surface area contributed by atoms with Crippen LogP contribution < -0.4 is 0 Å². The summed E-state index contributed by atoms with van der Waals surface area (Å²) < 4.78 is 4.51. The zero-order chi connectivity index (χ0) is 16.8. The Hall–Kier alpha value is -1.12. The predicted octanol–water partition coefficient (Wildman–Crippen LogP) is 5.72. The van der Waals surface area contributed by atoms with Crippen LogP contribution >= 0.6 is 0 Å². The largest absolute Gasteiger partial charge is 0.393 e. The lowest BCUT2D eigenvalue weighted by Gasteiger charge is -2.02. The van der Waals surface area contributed by atoms with Gasteiger partial charge in [-0.15, -0.1) is 0 Å². The van der Waals surface area contributed by atoms with Gasteiger partial charge >= 0.3 is 11.9 Å². The first-order chi connectivity index (χ1) is 11.2. The van der Waals surface area contributed by atoms with Crippen LogP contribution in [0.3, 0.4) is 0 Å². The van der Waals surface area contributed by atoms with E-state index in [2.05, 4.69) is 11.7 Å². The summed E-state index contributed by atoms with van der Waals surface area (Å²) in [5.41, 5.74) is 0. The summed E-state index contributed by atoms with van der Waals surface area (Å²) in [6.07, 6.45) is 21.3. The molecule has 0 amide bonds. The second-order valence-electron chi connectivity index (χ2n) is 6.71. The topological polar surface area (TPSA) is 43.4 Å². The molecule has 3 nitrogen and oxygen atoms in total. The van der Waals surface area contributed by atoms with E-state index in [0.29, 0.717) is 0 Å². The molecule has 0 aromatic heterocycles. The molecule has 0 bridgehead atoms. The van der Waals surface area contributed by atoms with Crippen LogP contribution in [0.4, 0.5) is 0 Å². The van der Waals surface area contributed by atoms with Crippen molar-refractivity contribution in [3.63, 3.8) is 0 Å². The number of hydrogen-bond donors (Lipinski definition) is 0. The summed E-state index contributed by atoms with van der Waals surface area (Å²) in [6, 6.07) is 0. The first kappa shape index (κ1) is 19.9. The predicted molar refractivity (Wildman–Crippen MR) is 94.0 cm³/mol. The number of allylic oxidation sites excluding steroid dienone is 1. The van der Waals surface area contributed by atoms with Gasteiger partial charge in [-0.05, 0) is 12.8 Å². The fourth-order valence-electron chi connectivity index (χ4n) is 3.00. The molecule has 1 aliphatic heterocycles. The molecule has 1 atom stereocenters. The molecular weight excluding hydrogens is 288 g/mol. The summed E-state index contributed by atoms with van der Waals surface area (Å²) in [6.45, 7) is 2.26. The quantitative estimate of drug-likeness (QED) is 0.178.